The van der Waals surface area contributed by atoms with Gasteiger partial charge in [0, 0.05) is 66.5 Å². The number of carbonyl (C=O) groups is 1. The third kappa shape index (κ3) is 23.4. The van der Waals surface area contributed by atoms with E-state index >= 15 is 0 Å². The number of halogens is 13. The number of nitro benzene ring substituents is 2. The SMILES string of the molecule is CS(=O)(=O)c1cc(F)ccc1N.CS(=O)(=O)c1cc(F)ccc1Nc1cc(Cl)nc2c1nc(C(F)F)n2C1CCCCO1.CSc1cc(F)ccc1N.CSc1cc(F)ccc1[N+](=O)[O-].FC(F)c1nc2c(Cl)cc(Cl)nc2n1C1CCCCO1.NC(=O)C1CC1.O=[N+]([O-])c1ccc(F)cc1F. The lowest BCUT2D eigenvalue weighted by Gasteiger charge is -2.25. The zero-order valence-electron chi connectivity index (χ0n) is 53.6. The Kier molecular flexibility index (Phi) is 30.2. The number of thioether (sulfide) groups is 2. The van der Waals surface area contributed by atoms with E-state index in [2.05, 4.69) is 25.3 Å². The normalized spacial score (nSPS) is 14.9. The van der Waals surface area contributed by atoms with Gasteiger partial charge in [0.15, 0.2) is 42.6 Å². The summed E-state index contributed by atoms with van der Waals surface area (Å²) < 4.78 is 190. The second-order valence-corrected chi connectivity index (χ2v) is 28.5. The van der Waals surface area contributed by atoms with Crippen LogP contribution in [0.2, 0.25) is 15.3 Å². The fourth-order valence-electron chi connectivity index (χ4n) is 9.25. The Hall–Kier alpha value is -8.30. The number of fused-ring (bicyclic) bond motifs is 2. The first kappa shape index (κ1) is 82.7. The van der Waals surface area contributed by atoms with E-state index in [1.54, 1.807) is 12.3 Å². The molecule has 12 rings (SSSR count). The van der Waals surface area contributed by atoms with Gasteiger partial charge < -0.3 is 32.0 Å². The first-order chi connectivity index (χ1) is 47.9. The van der Waals surface area contributed by atoms with E-state index < -0.39 is 95.4 Å². The largest absolute Gasteiger partial charge is 0.398 e. The first-order valence-corrected chi connectivity index (χ1v) is 36.9. The summed E-state index contributed by atoms with van der Waals surface area (Å²) in [6.07, 6.45) is 5.30. The lowest BCUT2D eigenvalue weighted by Crippen LogP contribution is -2.20. The number of rotatable bonds is 13. The lowest BCUT2D eigenvalue weighted by molar-refractivity contribution is -0.387. The molecule has 9 aromatic rings. The predicted octanol–water partition coefficient (Wildman–Crippen LogP) is 16.5. The molecule has 6 heterocycles. The Morgan fingerprint density at radius 2 is 1.00 bits per heavy atom. The third-order valence-electron chi connectivity index (χ3n) is 14.1. The van der Waals surface area contributed by atoms with Crippen molar-refractivity contribution < 1.29 is 84.9 Å². The van der Waals surface area contributed by atoms with E-state index in [1.165, 1.54) is 63.4 Å². The van der Waals surface area contributed by atoms with Gasteiger partial charge in [-0.15, -0.1) is 23.5 Å². The molecule has 7 N–H and O–H groups in total. The van der Waals surface area contributed by atoms with E-state index in [9.17, 15) is 85.8 Å². The van der Waals surface area contributed by atoms with Gasteiger partial charge in [-0.3, -0.25) is 34.2 Å². The van der Waals surface area contributed by atoms with Gasteiger partial charge in [-0.05, 0) is 143 Å². The molecule has 550 valence electrons. The molecule has 0 bridgehead atoms. The van der Waals surface area contributed by atoms with Gasteiger partial charge in [0.05, 0.1) is 46.6 Å². The molecule has 1 saturated carbocycles. The van der Waals surface area contributed by atoms with E-state index in [0.717, 1.165) is 116 Å². The number of carbonyl (C=O) groups excluding carboxylic acids is 1. The number of primary amides is 1. The van der Waals surface area contributed by atoms with Crippen molar-refractivity contribution in [2.75, 3.05) is 55.0 Å². The Morgan fingerprint density at radius 1 is 0.569 bits per heavy atom. The minimum absolute atomic E-state index is 0.0178. The maximum atomic E-state index is 13.8. The molecule has 23 nitrogen and oxygen atoms in total. The van der Waals surface area contributed by atoms with Crippen molar-refractivity contribution in [1.82, 2.24) is 29.1 Å². The summed E-state index contributed by atoms with van der Waals surface area (Å²) in [5.41, 5.74) is 16.5. The van der Waals surface area contributed by atoms with Crippen LogP contribution in [0.1, 0.15) is 88.3 Å². The summed E-state index contributed by atoms with van der Waals surface area (Å²) in [7, 11) is -7.21. The maximum absolute atomic E-state index is 13.8. The Labute approximate surface area is 598 Å². The molecule has 0 spiro atoms. The highest BCUT2D eigenvalue weighted by Gasteiger charge is 2.32. The third-order valence-corrected chi connectivity index (χ3v) is 18.7. The van der Waals surface area contributed by atoms with Gasteiger partial charge >= 0.3 is 5.69 Å². The Morgan fingerprint density at radius 3 is 1.42 bits per heavy atom. The minimum atomic E-state index is -3.79. The number of imidazole rings is 2. The number of hydrogen-bond donors (Lipinski definition) is 4. The smallest absolute Gasteiger partial charge is 0.304 e. The molecule has 2 atom stereocenters. The van der Waals surface area contributed by atoms with Crippen LogP contribution in [0.3, 0.4) is 0 Å². The molecule has 2 unspecified atom stereocenters. The van der Waals surface area contributed by atoms with E-state index in [4.69, 9.17) is 61.5 Å². The fourth-order valence-corrected chi connectivity index (χ4v) is 12.7. The molecule has 0 radical (unpaired) electrons. The second kappa shape index (κ2) is 37.2. The average Bonchev–Trinajstić information content (AvgIpc) is 1.61. The Balaban J connectivity index is 0.000000200. The van der Waals surface area contributed by atoms with Crippen molar-refractivity contribution in [2.24, 2.45) is 11.7 Å². The van der Waals surface area contributed by atoms with Gasteiger partial charge in [-0.2, -0.15) is 4.39 Å². The summed E-state index contributed by atoms with van der Waals surface area (Å²) in [5.74, 6) is -4.82. The molecule has 1 aliphatic carbocycles. The van der Waals surface area contributed by atoms with Gasteiger partial charge in [0.25, 0.3) is 18.5 Å². The van der Waals surface area contributed by atoms with Crippen LogP contribution in [0.4, 0.5) is 78.0 Å². The van der Waals surface area contributed by atoms with Crippen molar-refractivity contribution in [2.45, 2.75) is 96.3 Å². The van der Waals surface area contributed by atoms with Gasteiger partial charge in [-0.1, -0.05) is 34.8 Å². The molecule has 3 aliphatic rings. The molecular weight excluding hydrogens is 1510 g/mol. The predicted molar refractivity (Wildman–Crippen MR) is 367 cm³/mol. The molecule has 4 aromatic heterocycles. The maximum Gasteiger partial charge on any atom is 0.304 e. The molecule has 102 heavy (non-hydrogen) atoms. The monoisotopic (exact) mass is 1570 g/mol. The van der Waals surface area contributed by atoms with Crippen LogP contribution in [0.5, 0.6) is 0 Å². The molecular formula is C62H61Cl3F10N12O11S4. The number of alkyl halides is 4. The lowest BCUT2D eigenvalue weighted by atomic mass is 10.2. The van der Waals surface area contributed by atoms with Crippen LogP contribution < -0.4 is 22.5 Å². The summed E-state index contributed by atoms with van der Waals surface area (Å²) >= 11 is 20.6. The van der Waals surface area contributed by atoms with Crippen LogP contribution in [0, 0.1) is 61.0 Å². The van der Waals surface area contributed by atoms with Crippen molar-refractivity contribution in [3.05, 3.63) is 185 Å². The highest BCUT2D eigenvalue weighted by atomic mass is 35.5. The summed E-state index contributed by atoms with van der Waals surface area (Å²) in [6.45, 7) is 0.952. The number of hydrogen-bond acceptors (Lipinski definition) is 20. The average molecular weight is 1570 g/mol. The molecule has 2 saturated heterocycles. The molecule has 1 amide bonds. The number of nitrogens with two attached hydrogens (primary N) is 3. The zero-order valence-corrected chi connectivity index (χ0v) is 59.2. The van der Waals surface area contributed by atoms with E-state index in [-0.39, 0.29) is 93.7 Å². The number of benzene rings is 5. The quantitative estimate of drug-likeness (QED) is 0.0208. The number of nitro groups is 2. The number of amides is 1. The van der Waals surface area contributed by atoms with Crippen LogP contribution in [-0.2, 0) is 33.9 Å². The summed E-state index contributed by atoms with van der Waals surface area (Å²) in [4.78, 5) is 45.8. The fraction of sp³-hybridized carbons (Fsp3) is 0.306. The highest BCUT2D eigenvalue weighted by molar-refractivity contribution is 7.99. The van der Waals surface area contributed by atoms with Crippen LogP contribution in [-0.4, -0.2) is 99.9 Å². The topological polar surface area (TPSA) is 342 Å². The summed E-state index contributed by atoms with van der Waals surface area (Å²) in [6, 6.07) is 19.0. The number of nitrogen functional groups attached to an aromatic ring is 2. The standard InChI is InChI=1S/C19H18ClF3N4O3S.C12H11Cl2F2N3O.C7H8FNO2S.C7H6FNO2S.C7H8FNS.C6H3F2NO2.C4H7NO/c1-31(28,29)13-8-10(21)5-6-11(13)24-12-9-14(20)25-18-16(12)26-19(17(22)23)27(18)15-4-2-3-7-30-15;13-6-5-7(14)17-11-9(6)18-12(10(15)16)19(11)8-3-1-2-4-20-8;1-12(10,11)7-4-5(8)2-3-6(7)9;1-12-7-4-5(8)2-3-6(7)9(10)11;1-10-7-4-5(8)2-3-6(7)9;7-4-1-2-6(9(10)11)5(8)3-4;5-4(6)3-1-2-3/h5-6,8-9,15,17H,2-4,7H2,1H3,(H,24,25);5,8,10H,1-4H2;2-4H,9H2,1H3;2-4H,1H3;2-4H,9H2,1H3;1-3H;3H,1-2H2,(H2,5,6). The number of nitrogens with zero attached hydrogens (tertiary/aromatic N) is 8. The van der Waals surface area contributed by atoms with Crippen LogP contribution in [0.15, 0.2) is 123 Å². The van der Waals surface area contributed by atoms with Gasteiger partial charge in [0.2, 0.25) is 11.7 Å². The number of pyridine rings is 2. The number of nitrogens with one attached hydrogen (secondary N) is 1. The molecule has 40 heteroatoms. The highest BCUT2D eigenvalue weighted by Crippen LogP contribution is 2.39. The number of aromatic nitrogens is 6. The van der Waals surface area contributed by atoms with Crippen molar-refractivity contribution in [3.8, 4) is 0 Å². The van der Waals surface area contributed by atoms with Gasteiger partial charge in [-0.25, -0.2) is 76.3 Å². The molecule has 3 fully saturated rings. The van der Waals surface area contributed by atoms with Crippen LogP contribution in [0.25, 0.3) is 22.3 Å². The van der Waals surface area contributed by atoms with Crippen molar-refractivity contribution >= 4 is 140 Å². The van der Waals surface area contributed by atoms with E-state index in [0.29, 0.717) is 42.7 Å². The molecule has 2 aliphatic heterocycles. The van der Waals surface area contributed by atoms with Crippen LogP contribution >= 0.6 is 58.3 Å². The second-order valence-electron chi connectivity index (χ2n) is 21.7. The van der Waals surface area contributed by atoms with Crippen molar-refractivity contribution in [1.29, 1.82) is 0 Å². The Bertz CT molecular complexity index is 4720. The molecule has 5 aromatic carbocycles. The number of sulfone groups is 2. The van der Waals surface area contributed by atoms with E-state index in [1.807, 2.05) is 6.26 Å². The van der Waals surface area contributed by atoms with Crippen molar-refractivity contribution in [3.63, 3.8) is 0 Å². The first-order valence-electron chi connectivity index (χ1n) is 29.5. The van der Waals surface area contributed by atoms with Gasteiger partial charge in [0.1, 0.15) is 62.9 Å². The zero-order chi connectivity index (χ0) is 75.7. The number of ether oxygens (including phenoxy) is 2. The summed E-state index contributed by atoms with van der Waals surface area (Å²) in [5, 5.41) is 23.5. The number of anilines is 4. The minimum Gasteiger partial charge on any atom is -0.398 e.